The standard InChI is InChI=1S/C24H27ClN4O3/c1-24(2)9-4-10-32-20-15(24)5-3-6-17(20)27-23-26-12-16(25)21(29-23)28-19-14-8-7-13(11-14)18(19)22(30)31/h3,5-8,12-14,18-19H,4,9-11H2,1-2H3,(H,30,31)(H2,26,27,28,29)/t13-,14+,18+,19-/m0/s1. The van der Waals surface area contributed by atoms with Gasteiger partial charge in [-0.3, -0.25) is 4.79 Å². The molecule has 7 nitrogen and oxygen atoms in total. The van der Waals surface area contributed by atoms with E-state index < -0.39 is 11.9 Å². The lowest BCUT2D eigenvalue weighted by Gasteiger charge is -2.27. The van der Waals surface area contributed by atoms with Crippen LogP contribution in [0.4, 0.5) is 17.5 Å². The molecule has 2 aromatic rings. The van der Waals surface area contributed by atoms with Crippen molar-refractivity contribution in [3.63, 3.8) is 0 Å². The van der Waals surface area contributed by atoms with Gasteiger partial charge in [-0.15, -0.1) is 0 Å². The summed E-state index contributed by atoms with van der Waals surface area (Å²) in [5.74, 6) is 0.554. The van der Waals surface area contributed by atoms with Crippen LogP contribution in [0.1, 0.15) is 38.7 Å². The molecule has 3 aliphatic rings. The maximum Gasteiger partial charge on any atom is 0.309 e. The van der Waals surface area contributed by atoms with Crippen molar-refractivity contribution in [2.45, 2.75) is 44.6 Å². The number of rotatable bonds is 5. The third-order valence-corrected chi connectivity index (χ3v) is 7.25. The third kappa shape index (κ3) is 3.68. The number of aliphatic carboxylic acids is 1. The second-order valence-corrected chi connectivity index (χ2v) is 9.92. The van der Waals surface area contributed by atoms with E-state index in [4.69, 9.17) is 16.3 Å². The predicted molar refractivity (Wildman–Crippen MR) is 124 cm³/mol. The second-order valence-electron chi connectivity index (χ2n) is 9.52. The van der Waals surface area contributed by atoms with E-state index in [9.17, 15) is 9.90 Å². The summed E-state index contributed by atoms with van der Waals surface area (Å²) in [5.41, 5.74) is 1.97. The zero-order chi connectivity index (χ0) is 22.5. The second kappa shape index (κ2) is 7.96. The maximum atomic E-state index is 11.8. The van der Waals surface area contributed by atoms with Crippen molar-refractivity contribution in [3.8, 4) is 5.75 Å². The van der Waals surface area contributed by atoms with Gasteiger partial charge < -0.3 is 20.5 Å². The highest BCUT2D eigenvalue weighted by Gasteiger charge is 2.48. The molecule has 2 heterocycles. The molecule has 0 amide bonds. The molecule has 8 heteroatoms. The van der Waals surface area contributed by atoms with Crippen LogP contribution in [0.5, 0.6) is 5.75 Å². The van der Waals surface area contributed by atoms with Crippen LogP contribution in [0.15, 0.2) is 36.5 Å². The number of carboxylic acids is 1. The van der Waals surface area contributed by atoms with Crippen LogP contribution in [-0.4, -0.2) is 33.7 Å². The highest BCUT2D eigenvalue weighted by Crippen LogP contribution is 2.46. The predicted octanol–water partition coefficient (Wildman–Crippen LogP) is 5.01. The Morgan fingerprint density at radius 1 is 1.28 bits per heavy atom. The van der Waals surface area contributed by atoms with Gasteiger partial charge in [-0.1, -0.05) is 49.7 Å². The monoisotopic (exact) mass is 454 g/mol. The summed E-state index contributed by atoms with van der Waals surface area (Å²) in [4.78, 5) is 20.8. The molecule has 1 saturated carbocycles. The molecule has 1 aromatic carbocycles. The first-order valence-corrected chi connectivity index (χ1v) is 11.4. The van der Waals surface area contributed by atoms with E-state index in [2.05, 4.69) is 46.6 Å². The number of hydrogen-bond donors (Lipinski definition) is 3. The third-order valence-electron chi connectivity index (χ3n) is 6.98. The van der Waals surface area contributed by atoms with Crippen LogP contribution in [0, 0.1) is 17.8 Å². The molecular weight excluding hydrogens is 428 g/mol. The Morgan fingerprint density at radius 2 is 2.09 bits per heavy atom. The minimum atomic E-state index is -0.797. The number of nitrogens with zero attached hydrogens (tertiary/aromatic N) is 2. The Labute approximate surface area is 192 Å². The molecule has 1 aliphatic heterocycles. The van der Waals surface area contributed by atoms with E-state index >= 15 is 0 Å². The average Bonchev–Trinajstić information content (AvgIpc) is 3.31. The summed E-state index contributed by atoms with van der Waals surface area (Å²) in [6.07, 6.45) is 8.52. The Morgan fingerprint density at radius 3 is 2.91 bits per heavy atom. The molecule has 1 fully saturated rings. The number of carboxylic acid groups (broad SMARTS) is 1. The van der Waals surface area contributed by atoms with Gasteiger partial charge in [0.1, 0.15) is 10.8 Å². The van der Waals surface area contributed by atoms with Gasteiger partial charge in [0, 0.05) is 11.6 Å². The van der Waals surface area contributed by atoms with Crippen molar-refractivity contribution in [2.24, 2.45) is 17.8 Å². The fourth-order valence-corrected chi connectivity index (χ4v) is 5.46. The quantitative estimate of drug-likeness (QED) is 0.546. The van der Waals surface area contributed by atoms with Crippen molar-refractivity contribution in [2.75, 3.05) is 17.2 Å². The van der Waals surface area contributed by atoms with E-state index in [0.29, 0.717) is 23.4 Å². The minimum Gasteiger partial charge on any atom is -0.491 e. The van der Waals surface area contributed by atoms with Crippen molar-refractivity contribution in [1.29, 1.82) is 0 Å². The summed E-state index contributed by atoms with van der Waals surface area (Å²) in [6, 6.07) is 5.81. The van der Waals surface area contributed by atoms with E-state index in [-0.39, 0.29) is 23.3 Å². The maximum absolute atomic E-state index is 11.8. The van der Waals surface area contributed by atoms with Crippen molar-refractivity contribution >= 4 is 35.0 Å². The molecule has 0 spiro atoms. The SMILES string of the molecule is CC1(C)CCCOc2c(Nc3ncc(Cl)c(N[C@@H]4[C@H](C(=O)O)[C@H]5C=C[C@@H]4C5)n3)cccc21. The molecule has 2 aliphatic carbocycles. The number of halogens is 1. The largest absolute Gasteiger partial charge is 0.491 e. The molecule has 3 N–H and O–H groups in total. The zero-order valence-corrected chi connectivity index (χ0v) is 18.9. The molecule has 168 valence electrons. The molecule has 0 radical (unpaired) electrons. The van der Waals surface area contributed by atoms with Gasteiger partial charge in [-0.2, -0.15) is 4.98 Å². The number of benzene rings is 1. The number of hydrogen-bond acceptors (Lipinski definition) is 6. The molecule has 5 rings (SSSR count). The van der Waals surface area contributed by atoms with Gasteiger partial charge in [0.2, 0.25) is 5.95 Å². The van der Waals surface area contributed by atoms with Crippen LogP contribution < -0.4 is 15.4 Å². The Balaban J connectivity index is 1.42. The Kier molecular flexibility index (Phi) is 5.24. The number of fused-ring (bicyclic) bond motifs is 3. The molecule has 4 atom stereocenters. The summed E-state index contributed by atoms with van der Waals surface area (Å²) >= 11 is 6.38. The summed E-state index contributed by atoms with van der Waals surface area (Å²) in [7, 11) is 0. The number of allylic oxidation sites excluding steroid dienone is 1. The molecule has 1 aromatic heterocycles. The van der Waals surface area contributed by atoms with Gasteiger partial charge in [-0.05, 0) is 42.6 Å². The lowest BCUT2D eigenvalue weighted by molar-refractivity contribution is -0.142. The van der Waals surface area contributed by atoms with Gasteiger partial charge in [-0.25, -0.2) is 4.98 Å². The number of carbonyl (C=O) groups is 1. The van der Waals surface area contributed by atoms with Crippen molar-refractivity contribution in [3.05, 3.63) is 47.1 Å². The van der Waals surface area contributed by atoms with Crippen LogP contribution in [0.3, 0.4) is 0 Å². The molecular formula is C24H27ClN4O3. The van der Waals surface area contributed by atoms with E-state index in [1.54, 1.807) is 0 Å². The fraction of sp³-hybridized carbons (Fsp3) is 0.458. The molecule has 0 unspecified atom stereocenters. The Hall–Kier alpha value is -2.80. The van der Waals surface area contributed by atoms with Crippen molar-refractivity contribution in [1.82, 2.24) is 9.97 Å². The van der Waals surface area contributed by atoms with Crippen LogP contribution >= 0.6 is 11.6 Å². The minimum absolute atomic E-state index is 0.0121. The van der Waals surface area contributed by atoms with Crippen LogP contribution in [-0.2, 0) is 10.2 Å². The van der Waals surface area contributed by atoms with Crippen LogP contribution in [0.2, 0.25) is 5.02 Å². The van der Waals surface area contributed by atoms with Gasteiger partial charge in [0.05, 0.1) is 24.4 Å². The number of para-hydroxylation sites is 1. The first-order valence-electron chi connectivity index (χ1n) is 11.1. The number of ether oxygens (including phenoxy) is 1. The van der Waals surface area contributed by atoms with Gasteiger partial charge in [0.25, 0.3) is 0 Å². The van der Waals surface area contributed by atoms with Crippen LogP contribution in [0.25, 0.3) is 0 Å². The first kappa shape index (κ1) is 21.1. The zero-order valence-electron chi connectivity index (χ0n) is 18.1. The van der Waals surface area contributed by atoms with E-state index in [1.165, 1.54) is 6.20 Å². The average molecular weight is 455 g/mol. The summed E-state index contributed by atoms with van der Waals surface area (Å²) in [5, 5.41) is 16.7. The highest BCUT2D eigenvalue weighted by molar-refractivity contribution is 6.32. The summed E-state index contributed by atoms with van der Waals surface area (Å²) in [6.45, 7) is 5.12. The van der Waals surface area contributed by atoms with Gasteiger partial charge >= 0.3 is 5.97 Å². The molecule has 32 heavy (non-hydrogen) atoms. The number of aromatic nitrogens is 2. The first-order chi connectivity index (χ1) is 15.3. The smallest absolute Gasteiger partial charge is 0.309 e. The molecule has 0 saturated heterocycles. The number of nitrogens with one attached hydrogen (secondary N) is 2. The lowest BCUT2D eigenvalue weighted by Crippen LogP contribution is -2.38. The van der Waals surface area contributed by atoms with E-state index in [1.807, 2.05) is 18.2 Å². The highest BCUT2D eigenvalue weighted by atomic mass is 35.5. The Bertz CT molecular complexity index is 1090. The summed E-state index contributed by atoms with van der Waals surface area (Å²) < 4.78 is 6.09. The number of anilines is 3. The molecule has 2 bridgehead atoms. The van der Waals surface area contributed by atoms with E-state index in [0.717, 1.165) is 36.3 Å². The topological polar surface area (TPSA) is 96.4 Å². The van der Waals surface area contributed by atoms with Gasteiger partial charge in [0.15, 0.2) is 5.82 Å². The van der Waals surface area contributed by atoms with Crippen molar-refractivity contribution < 1.29 is 14.6 Å². The fourth-order valence-electron chi connectivity index (χ4n) is 5.31. The lowest BCUT2D eigenvalue weighted by atomic mass is 9.80. The normalized spacial score (nSPS) is 27.3.